The monoisotopic (exact) mass is 317 g/mol. The second-order valence-corrected chi connectivity index (χ2v) is 6.62. The molecule has 0 bridgehead atoms. The second-order valence-electron chi connectivity index (χ2n) is 4.32. The number of nitrogens with one attached hydrogen (secondary N) is 1. The molecule has 0 atom stereocenters. The van der Waals surface area contributed by atoms with Crippen LogP contribution in [0.3, 0.4) is 0 Å². The molecule has 21 heavy (non-hydrogen) atoms. The molecule has 0 spiro atoms. The molecule has 0 fully saturated rings. The van der Waals surface area contributed by atoms with Crippen molar-refractivity contribution in [2.24, 2.45) is 0 Å². The summed E-state index contributed by atoms with van der Waals surface area (Å²) in [6.45, 7) is -0.0675. The summed E-state index contributed by atoms with van der Waals surface area (Å²) in [6, 6.07) is 3.24. The molecule has 1 aromatic rings. The number of sulfonamides is 1. The van der Waals surface area contributed by atoms with E-state index in [1.54, 1.807) is 0 Å². The van der Waals surface area contributed by atoms with E-state index < -0.39 is 20.9 Å². The molecule has 9 nitrogen and oxygen atoms in total. The van der Waals surface area contributed by atoms with Gasteiger partial charge in [-0.25, -0.2) is 17.5 Å². The van der Waals surface area contributed by atoms with Crippen LogP contribution in [0, 0.1) is 10.1 Å². The normalized spacial score (nSPS) is 11.4. The predicted molar refractivity (Wildman–Crippen MR) is 76.0 cm³/mol. The standard InChI is InChI=1S/C11H15N3O6S/c1-13(2)21(19,20)6-5-12-10-7-8(14(17)18)3-4-9(10)11(15)16/h3-4,7,12H,5-6H2,1-2H3,(H,15,16). The summed E-state index contributed by atoms with van der Waals surface area (Å²) in [5.74, 6) is -1.52. The molecular formula is C11H15N3O6S. The average Bonchev–Trinajstić information content (AvgIpc) is 2.37. The number of nitrogens with zero attached hydrogens (tertiary/aromatic N) is 2. The Morgan fingerprint density at radius 1 is 1.43 bits per heavy atom. The minimum absolute atomic E-state index is 0.00524. The van der Waals surface area contributed by atoms with E-state index in [4.69, 9.17) is 5.11 Å². The molecule has 0 amide bonds. The van der Waals surface area contributed by atoms with E-state index in [2.05, 4.69) is 5.32 Å². The van der Waals surface area contributed by atoms with Crippen molar-refractivity contribution < 1.29 is 23.2 Å². The number of carboxylic acid groups (broad SMARTS) is 1. The van der Waals surface area contributed by atoms with Gasteiger partial charge in [0, 0.05) is 32.8 Å². The van der Waals surface area contributed by atoms with Crippen molar-refractivity contribution in [3.05, 3.63) is 33.9 Å². The first-order valence-corrected chi connectivity index (χ1v) is 7.42. The Hall–Kier alpha value is -2.20. The highest BCUT2D eigenvalue weighted by atomic mass is 32.2. The van der Waals surface area contributed by atoms with E-state index in [0.717, 1.165) is 22.5 Å². The zero-order valence-electron chi connectivity index (χ0n) is 11.4. The first kappa shape index (κ1) is 16.9. The predicted octanol–water partition coefficient (Wildman–Crippen LogP) is 0.596. The van der Waals surface area contributed by atoms with Crippen molar-refractivity contribution in [3.63, 3.8) is 0 Å². The van der Waals surface area contributed by atoms with E-state index >= 15 is 0 Å². The van der Waals surface area contributed by atoms with Crippen molar-refractivity contribution in [2.75, 3.05) is 31.7 Å². The third-order valence-corrected chi connectivity index (χ3v) is 4.51. The van der Waals surface area contributed by atoms with Crippen LogP contribution < -0.4 is 5.32 Å². The number of nitro benzene ring substituents is 1. The lowest BCUT2D eigenvalue weighted by Gasteiger charge is -2.13. The van der Waals surface area contributed by atoms with E-state index in [1.807, 2.05) is 0 Å². The quantitative estimate of drug-likeness (QED) is 0.556. The Labute approximate surface area is 121 Å². The molecule has 0 radical (unpaired) electrons. The maximum atomic E-state index is 11.6. The molecule has 0 aromatic heterocycles. The largest absolute Gasteiger partial charge is 0.478 e. The second kappa shape index (κ2) is 6.50. The lowest BCUT2D eigenvalue weighted by atomic mass is 10.1. The lowest BCUT2D eigenvalue weighted by molar-refractivity contribution is -0.384. The fraction of sp³-hybridized carbons (Fsp3) is 0.364. The van der Waals surface area contributed by atoms with E-state index in [0.29, 0.717) is 0 Å². The highest BCUT2D eigenvalue weighted by Crippen LogP contribution is 2.22. The Balaban J connectivity index is 2.93. The van der Waals surface area contributed by atoms with Crippen LogP contribution in [0.2, 0.25) is 0 Å². The molecule has 1 rings (SSSR count). The molecular weight excluding hydrogens is 302 g/mol. The summed E-state index contributed by atoms with van der Waals surface area (Å²) in [5.41, 5.74) is -0.438. The number of benzene rings is 1. The average molecular weight is 317 g/mol. The number of non-ortho nitro benzene ring substituents is 1. The number of hydrogen-bond donors (Lipinski definition) is 2. The van der Waals surface area contributed by atoms with Gasteiger partial charge in [-0.15, -0.1) is 0 Å². The molecule has 10 heteroatoms. The van der Waals surface area contributed by atoms with Gasteiger partial charge in [-0.1, -0.05) is 0 Å². The molecule has 116 valence electrons. The van der Waals surface area contributed by atoms with Gasteiger partial charge in [-0.05, 0) is 6.07 Å². The van der Waals surface area contributed by atoms with Crippen LogP contribution in [0.25, 0.3) is 0 Å². The molecule has 0 unspecified atom stereocenters. The topological polar surface area (TPSA) is 130 Å². The number of hydrogen-bond acceptors (Lipinski definition) is 6. The summed E-state index contributed by atoms with van der Waals surface area (Å²) in [6.07, 6.45) is 0. The summed E-state index contributed by atoms with van der Waals surface area (Å²) < 4.78 is 24.2. The number of rotatable bonds is 7. The molecule has 2 N–H and O–H groups in total. The van der Waals surface area contributed by atoms with Gasteiger partial charge in [0.25, 0.3) is 5.69 Å². The van der Waals surface area contributed by atoms with Crippen molar-refractivity contribution in [3.8, 4) is 0 Å². The van der Waals surface area contributed by atoms with Crippen LogP contribution in [-0.2, 0) is 10.0 Å². The van der Waals surface area contributed by atoms with Crippen LogP contribution in [0.1, 0.15) is 10.4 Å². The van der Waals surface area contributed by atoms with Gasteiger partial charge in [-0.3, -0.25) is 10.1 Å². The Kier molecular flexibility index (Phi) is 5.22. The summed E-state index contributed by atoms with van der Waals surface area (Å²) in [4.78, 5) is 21.1. The van der Waals surface area contributed by atoms with Gasteiger partial charge in [-0.2, -0.15) is 0 Å². The maximum Gasteiger partial charge on any atom is 0.337 e. The number of carbonyl (C=O) groups is 1. The molecule has 0 aliphatic heterocycles. The van der Waals surface area contributed by atoms with Crippen molar-refractivity contribution in [1.82, 2.24) is 4.31 Å². The van der Waals surface area contributed by atoms with E-state index in [-0.39, 0.29) is 29.2 Å². The van der Waals surface area contributed by atoms with Gasteiger partial charge >= 0.3 is 5.97 Å². The highest BCUT2D eigenvalue weighted by Gasteiger charge is 2.17. The Bertz CT molecular complexity index is 656. The van der Waals surface area contributed by atoms with Crippen LogP contribution in [0.15, 0.2) is 18.2 Å². The zero-order chi connectivity index (χ0) is 16.2. The third kappa shape index (κ3) is 4.39. The van der Waals surface area contributed by atoms with Crippen LogP contribution in [0.4, 0.5) is 11.4 Å². The van der Waals surface area contributed by atoms with Crippen molar-refractivity contribution >= 4 is 27.4 Å². The maximum absolute atomic E-state index is 11.6. The smallest absolute Gasteiger partial charge is 0.337 e. The molecule has 0 saturated carbocycles. The van der Waals surface area contributed by atoms with Crippen LogP contribution >= 0.6 is 0 Å². The molecule has 0 aliphatic carbocycles. The molecule has 0 heterocycles. The third-order valence-electron chi connectivity index (χ3n) is 2.68. The zero-order valence-corrected chi connectivity index (χ0v) is 12.3. The van der Waals surface area contributed by atoms with Crippen molar-refractivity contribution in [1.29, 1.82) is 0 Å². The minimum Gasteiger partial charge on any atom is -0.478 e. The van der Waals surface area contributed by atoms with Gasteiger partial charge in [0.1, 0.15) is 0 Å². The van der Waals surface area contributed by atoms with Crippen LogP contribution in [-0.4, -0.2) is 55.1 Å². The fourth-order valence-electron chi connectivity index (χ4n) is 1.48. The highest BCUT2D eigenvalue weighted by molar-refractivity contribution is 7.89. The first-order chi connectivity index (χ1) is 9.65. The van der Waals surface area contributed by atoms with E-state index in [9.17, 15) is 23.3 Å². The van der Waals surface area contributed by atoms with Crippen LogP contribution in [0.5, 0.6) is 0 Å². The molecule has 1 aromatic carbocycles. The summed E-state index contributed by atoms with van der Waals surface area (Å²) in [7, 11) is -0.678. The number of anilines is 1. The Morgan fingerprint density at radius 3 is 2.52 bits per heavy atom. The van der Waals surface area contributed by atoms with Gasteiger partial charge in [0.05, 0.1) is 21.9 Å². The fourth-order valence-corrected chi connectivity index (χ4v) is 2.20. The summed E-state index contributed by atoms with van der Waals surface area (Å²) in [5, 5.41) is 22.3. The SMILES string of the molecule is CN(C)S(=O)(=O)CCNc1cc([N+](=O)[O-])ccc1C(=O)O. The van der Waals surface area contributed by atoms with E-state index in [1.165, 1.54) is 14.1 Å². The van der Waals surface area contributed by atoms with Gasteiger partial charge < -0.3 is 10.4 Å². The van der Waals surface area contributed by atoms with Gasteiger partial charge in [0.15, 0.2) is 0 Å². The number of nitro groups is 1. The Morgan fingerprint density at radius 2 is 2.05 bits per heavy atom. The number of carboxylic acids is 1. The minimum atomic E-state index is -3.44. The summed E-state index contributed by atoms with van der Waals surface area (Å²) >= 11 is 0. The first-order valence-electron chi connectivity index (χ1n) is 5.81. The number of aromatic carboxylic acids is 1. The molecule has 0 aliphatic rings. The van der Waals surface area contributed by atoms with Crippen molar-refractivity contribution in [2.45, 2.75) is 0 Å². The lowest BCUT2D eigenvalue weighted by Crippen LogP contribution is -2.28. The molecule has 0 saturated heterocycles. The van der Waals surface area contributed by atoms with Gasteiger partial charge in [0.2, 0.25) is 10.0 Å².